The van der Waals surface area contributed by atoms with Gasteiger partial charge >= 0.3 is 0 Å². The first-order valence-corrected chi connectivity index (χ1v) is 22.5. The minimum absolute atomic E-state index is 0.0205. The Morgan fingerprint density at radius 3 is 2.52 bits per heavy atom. The van der Waals surface area contributed by atoms with Crippen LogP contribution in [-0.4, -0.2) is 107 Å². The number of aromatic nitrogens is 2. The van der Waals surface area contributed by atoms with Crippen LogP contribution in [0.15, 0.2) is 47.1 Å². The largest absolute Gasteiger partial charge is 0.493 e. The first-order chi connectivity index (χ1) is 29.2. The smallest absolute Gasteiger partial charge is 0.266 e. The SMILES string of the molecule is NC(=O)c1c(F)cccc1Nc1nc(N[C@@H]2CCCN(S(=O)(=O)CCNC(=O)CCCCCCCCOc3cccc4c3C(=O)N(C3CCC(=O)NC3=O)C4=O)C2)ncc1Br. The number of nitrogens with two attached hydrogens (primary N) is 1. The molecule has 0 saturated carbocycles. The number of halogens is 2. The molecule has 2 saturated heterocycles. The predicted molar refractivity (Wildman–Crippen MR) is 224 cm³/mol. The van der Waals surface area contributed by atoms with Crippen LogP contribution in [0.1, 0.15) is 102 Å². The number of anilines is 3. The van der Waals surface area contributed by atoms with E-state index in [1.54, 1.807) is 12.1 Å². The van der Waals surface area contributed by atoms with E-state index in [2.05, 4.69) is 47.2 Å². The number of piperidine rings is 2. The van der Waals surface area contributed by atoms with Crippen molar-refractivity contribution in [2.24, 2.45) is 5.73 Å². The molecule has 3 aliphatic rings. The van der Waals surface area contributed by atoms with Gasteiger partial charge in [0.15, 0.2) is 0 Å². The monoisotopic (exact) mass is 927 g/mol. The highest BCUT2D eigenvalue weighted by Crippen LogP contribution is 2.34. The number of rotatable bonds is 20. The van der Waals surface area contributed by atoms with Gasteiger partial charge < -0.3 is 26.4 Å². The quantitative estimate of drug-likeness (QED) is 0.0801. The Balaban J connectivity index is 0.850. The molecule has 1 unspecified atom stereocenters. The first-order valence-electron chi connectivity index (χ1n) is 20.1. The van der Waals surface area contributed by atoms with Crippen LogP contribution >= 0.6 is 15.9 Å². The standard InChI is InChI=1S/C40H47BrFN9O9S/c41-26-22-45-40(49-36(26)47-28-13-8-12-27(42)34(28)35(43)54)46-24-10-9-19-50(23-24)61(58,59)21-18-44-31(52)15-5-3-1-2-4-6-20-60-30-14-7-11-25-33(30)39(57)51(38(25)56)29-16-17-32(53)48-37(29)55/h7-8,11-14,22,24,29H,1-6,9-10,15-21,23H2,(H2,43,54)(H,44,52)(H,48,53,55)(H2,45,46,47,49)/t24-,29?/m1/s1. The molecule has 0 bridgehead atoms. The zero-order valence-electron chi connectivity index (χ0n) is 33.2. The van der Waals surface area contributed by atoms with Gasteiger partial charge in [-0.3, -0.25) is 39.0 Å². The molecule has 61 heavy (non-hydrogen) atoms. The zero-order valence-corrected chi connectivity index (χ0v) is 35.6. The van der Waals surface area contributed by atoms with Crippen molar-refractivity contribution in [2.45, 2.75) is 82.7 Å². The number of carbonyl (C=O) groups excluding carboxylic acids is 6. The second-order valence-corrected chi connectivity index (χ2v) is 17.8. The van der Waals surface area contributed by atoms with Gasteiger partial charge in [-0.05, 0) is 72.3 Å². The van der Waals surface area contributed by atoms with E-state index in [0.717, 1.165) is 36.6 Å². The molecule has 3 aromatic rings. The van der Waals surface area contributed by atoms with Gasteiger partial charge in [0.25, 0.3) is 17.7 Å². The summed E-state index contributed by atoms with van der Waals surface area (Å²) in [7, 11) is -3.68. The summed E-state index contributed by atoms with van der Waals surface area (Å²) in [6.45, 7) is 0.799. The number of ether oxygens (including phenoxy) is 1. The Hall–Kier alpha value is -5.54. The number of primary amides is 1. The Labute approximate surface area is 360 Å². The van der Waals surface area contributed by atoms with Crippen LogP contribution in [-0.2, 0) is 24.4 Å². The fourth-order valence-corrected chi connectivity index (χ4v) is 9.17. The highest BCUT2D eigenvalue weighted by atomic mass is 79.9. The van der Waals surface area contributed by atoms with Crippen molar-refractivity contribution in [1.82, 2.24) is 29.8 Å². The fraction of sp³-hybridized carbons (Fsp3) is 0.450. The second-order valence-electron chi connectivity index (χ2n) is 14.9. The van der Waals surface area contributed by atoms with E-state index in [9.17, 15) is 41.6 Å². The van der Waals surface area contributed by atoms with Crippen molar-refractivity contribution in [1.29, 1.82) is 0 Å². The zero-order chi connectivity index (χ0) is 43.7. The number of amides is 6. The summed E-state index contributed by atoms with van der Waals surface area (Å²) in [5, 5.41) is 11.0. The van der Waals surface area contributed by atoms with E-state index in [-0.39, 0.29) is 89.9 Å². The highest BCUT2D eigenvalue weighted by molar-refractivity contribution is 9.10. The third-order valence-corrected chi connectivity index (χ3v) is 13.0. The molecule has 6 rings (SSSR count). The number of hydrogen-bond acceptors (Lipinski definition) is 13. The number of unbranched alkanes of at least 4 members (excludes halogenated alkanes) is 5. The molecular formula is C40H47BrFN9O9S. The molecule has 0 radical (unpaired) electrons. The number of imide groups is 2. The third kappa shape index (κ3) is 11.2. The molecule has 0 aliphatic carbocycles. The number of fused-ring (bicyclic) bond motifs is 1. The van der Waals surface area contributed by atoms with Gasteiger partial charge in [-0.2, -0.15) is 9.29 Å². The summed E-state index contributed by atoms with van der Waals surface area (Å²) in [5.41, 5.74) is 5.45. The lowest BCUT2D eigenvalue weighted by Gasteiger charge is -2.32. The van der Waals surface area contributed by atoms with Crippen molar-refractivity contribution < 1.29 is 46.3 Å². The van der Waals surface area contributed by atoms with Crippen molar-refractivity contribution in [3.05, 3.63) is 69.6 Å². The number of carbonyl (C=O) groups is 6. The van der Waals surface area contributed by atoms with Gasteiger partial charge in [0.1, 0.15) is 23.4 Å². The number of benzene rings is 2. The van der Waals surface area contributed by atoms with Crippen LogP contribution in [0.3, 0.4) is 0 Å². The van der Waals surface area contributed by atoms with Gasteiger partial charge in [-0.15, -0.1) is 0 Å². The number of nitrogens with one attached hydrogen (secondary N) is 4. The minimum atomic E-state index is -3.68. The Morgan fingerprint density at radius 2 is 1.75 bits per heavy atom. The summed E-state index contributed by atoms with van der Waals surface area (Å²) < 4.78 is 48.4. The summed E-state index contributed by atoms with van der Waals surface area (Å²) in [4.78, 5) is 84.1. The van der Waals surface area contributed by atoms with Crippen molar-refractivity contribution in [3.8, 4) is 5.75 Å². The lowest BCUT2D eigenvalue weighted by molar-refractivity contribution is -0.136. The topological polar surface area (TPSA) is 252 Å². The molecule has 2 fully saturated rings. The third-order valence-electron chi connectivity index (χ3n) is 10.5. The van der Waals surface area contributed by atoms with Gasteiger partial charge in [0.05, 0.1) is 39.2 Å². The summed E-state index contributed by atoms with van der Waals surface area (Å²) >= 11 is 3.35. The minimum Gasteiger partial charge on any atom is -0.493 e. The molecular weight excluding hydrogens is 881 g/mol. The van der Waals surface area contributed by atoms with E-state index in [0.29, 0.717) is 43.3 Å². The van der Waals surface area contributed by atoms with E-state index in [1.807, 2.05) is 0 Å². The van der Waals surface area contributed by atoms with Crippen LogP contribution in [0.2, 0.25) is 0 Å². The highest BCUT2D eigenvalue weighted by Gasteiger charge is 2.46. The molecule has 326 valence electrons. The average Bonchev–Trinajstić information content (AvgIpc) is 3.47. The van der Waals surface area contributed by atoms with E-state index < -0.39 is 51.4 Å². The second kappa shape index (κ2) is 20.3. The maximum absolute atomic E-state index is 14.3. The normalized spacial score (nSPS) is 18.1. The maximum Gasteiger partial charge on any atom is 0.266 e. The van der Waals surface area contributed by atoms with Crippen LogP contribution in [0.4, 0.5) is 21.8 Å². The summed E-state index contributed by atoms with van der Waals surface area (Å²) in [6.07, 6.45) is 7.86. The van der Waals surface area contributed by atoms with E-state index >= 15 is 0 Å². The van der Waals surface area contributed by atoms with Crippen LogP contribution in [0.25, 0.3) is 0 Å². The molecule has 2 aromatic carbocycles. The lowest BCUT2D eigenvalue weighted by Crippen LogP contribution is -2.54. The molecule has 0 spiro atoms. The molecule has 3 aliphatic heterocycles. The Bertz CT molecular complexity index is 2300. The summed E-state index contributed by atoms with van der Waals surface area (Å²) in [5.74, 6) is -3.82. The van der Waals surface area contributed by atoms with Gasteiger partial charge in [-0.25, -0.2) is 17.8 Å². The van der Waals surface area contributed by atoms with Gasteiger partial charge in [-0.1, -0.05) is 37.8 Å². The predicted octanol–water partition coefficient (Wildman–Crippen LogP) is 3.75. The number of nitrogens with zero attached hydrogens (tertiary/aromatic N) is 4. The molecule has 18 nitrogen and oxygen atoms in total. The molecule has 1 aromatic heterocycles. The molecule has 6 N–H and O–H groups in total. The van der Waals surface area contributed by atoms with E-state index in [1.165, 1.54) is 28.7 Å². The molecule has 6 amide bonds. The fourth-order valence-electron chi connectivity index (χ4n) is 7.44. The lowest BCUT2D eigenvalue weighted by atomic mass is 10.0. The van der Waals surface area contributed by atoms with Gasteiger partial charge in [0, 0.05) is 44.7 Å². The summed E-state index contributed by atoms with van der Waals surface area (Å²) in [6, 6.07) is 7.42. The van der Waals surface area contributed by atoms with Crippen molar-refractivity contribution in [3.63, 3.8) is 0 Å². The maximum atomic E-state index is 14.3. The van der Waals surface area contributed by atoms with E-state index in [4.69, 9.17) is 10.5 Å². The molecule has 4 heterocycles. The Morgan fingerprint density at radius 1 is 1.00 bits per heavy atom. The van der Waals surface area contributed by atoms with Crippen LogP contribution < -0.4 is 31.7 Å². The molecule has 21 heteroatoms. The number of sulfonamides is 1. The Kier molecular flexibility index (Phi) is 15.0. The number of hydrogen-bond donors (Lipinski definition) is 5. The van der Waals surface area contributed by atoms with Crippen molar-refractivity contribution >= 4 is 78.8 Å². The van der Waals surface area contributed by atoms with Crippen molar-refractivity contribution in [2.75, 3.05) is 42.6 Å². The van der Waals surface area contributed by atoms with Gasteiger partial charge in [0.2, 0.25) is 33.7 Å². The van der Waals surface area contributed by atoms with Crippen LogP contribution in [0.5, 0.6) is 5.75 Å². The average molecular weight is 929 g/mol. The van der Waals surface area contributed by atoms with Crippen LogP contribution in [0, 0.1) is 5.82 Å². The first kappa shape index (κ1) is 45.0. The molecule has 2 atom stereocenters.